The lowest BCUT2D eigenvalue weighted by atomic mass is 9.93. The van der Waals surface area contributed by atoms with Crippen molar-refractivity contribution in [2.45, 2.75) is 96.2 Å². The van der Waals surface area contributed by atoms with Crippen LogP contribution in [0.3, 0.4) is 0 Å². The molecule has 1 aliphatic carbocycles. The van der Waals surface area contributed by atoms with Crippen molar-refractivity contribution in [1.82, 2.24) is 19.7 Å². The third-order valence-electron chi connectivity index (χ3n) is 8.26. The molecule has 34 heavy (non-hydrogen) atoms. The molecule has 1 atom stereocenters. The SMILES string of the molecule is Cc1cc2c(cc3n2CC(C)(C(=O)NC2CCCCCC2)N(CCN2CCCCCC2)C3=O)o1. The smallest absolute Gasteiger partial charge is 0.271 e. The zero-order chi connectivity index (χ0) is 23.7. The van der Waals surface area contributed by atoms with Gasteiger partial charge in [-0.25, -0.2) is 0 Å². The normalized spacial score (nSPS) is 25.2. The van der Waals surface area contributed by atoms with Gasteiger partial charge in [-0.05, 0) is 52.6 Å². The molecule has 7 heteroatoms. The van der Waals surface area contributed by atoms with E-state index in [-0.39, 0.29) is 17.9 Å². The van der Waals surface area contributed by atoms with Crippen LogP contribution in [-0.2, 0) is 11.3 Å². The zero-order valence-corrected chi connectivity index (χ0v) is 20.9. The molecule has 0 aromatic carbocycles. The van der Waals surface area contributed by atoms with Gasteiger partial charge in [0.15, 0.2) is 5.58 Å². The molecule has 3 aliphatic rings. The Labute approximate surface area is 202 Å². The monoisotopic (exact) mass is 468 g/mol. The van der Waals surface area contributed by atoms with Crippen LogP contribution in [-0.4, -0.2) is 63.9 Å². The number of rotatable bonds is 5. The Kier molecular flexibility index (Phi) is 6.74. The number of aryl methyl sites for hydroxylation is 1. The van der Waals surface area contributed by atoms with E-state index in [1.807, 2.05) is 35.4 Å². The van der Waals surface area contributed by atoms with Crippen molar-refractivity contribution in [3.05, 3.63) is 23.6 Å². The molecule has 1 unspecified atom stereocenters. The van der Waals surface area contributed by atoms with Crippen LogP contribution in [0.5, 0.6) is 0 Å². The Hall–Kier alpha value is -2.28. The molecule has 1 saturated carbocycles. The number of amides is 2. The van der Waals surface area contributed by atoms with E-state index in [4.69, 9.17) is 4.42 Å². The Morgan fingerprint density at radius 1 is 1.03 bits per heavy atom. The Morgan fingerprint density at radius 3 is 2.41 bits per heavy atom. The van der Waals surface area contributed by atoms with Crippen molar-refractivity contribution in [3.8, 4) is 0 Å². The van der Waals surface area contributed by atoms with Crippen molar-refractivity contribution in [2.24, 2.45) is 0 Å². The van der Waals surface area contributed by atoms with E-state index < -0.39 is 5.54 Å². The topological polar surface area (TPSA) is 70.7 Å². The number of nitrogens with zero attached hydrogens (tertiary/aromatic N) is 3. The first-order chi connectivity index (χ1) is 16.5. The van der Waals surface area contributed by atoms with Crippen LogP contribution < -0.4 is 5.32 Å². The van der Waals surface area contributed by atoms with E-state index in [1.54, 1.807) is 0 Å². The molecule has 2 aliphatic heterocycles. The summed E-state index contributed by atoms with van der Waals surface area (Å²) in [6.45, 7) is 7.87. The van der Waals surface area contributed by atoms with Crippen LogP contribution in [0, 0.1) is 6.92 Å². The summed E-state index contributed by atoms with van der Waals surface area (Å²) in [5.74, 6) is 0.737. The van der Waals surface area contributed by atoms with Gasteiger partial charge in [-0.15, -0.1) is 0 Å². The van der Waals surface area contributed by atoms with Gasteiger partial charge in [0.1, 0.15) is 17.0 Å². The van der Waals surface area contributed by atoms with Crippen molar-refractivity contribution < 1.29 is 14.0 Å². The molecule has 2 fully saturated rings. The lowest BCUT2D eigenvalue weighted by Crippen LogP contribution is -2.65. The minimum atomic E-state index is -0.931. The summed E-state index contributed by atoms with van der Waals surface area (Å²) in [5.41, 5.74) is 1.33. The molecule has 4 heterocycles. The van der Waals surface area contributed by atoms with Crippen LogP contribution in [0.4, 0.5) is 0 Å². The number of aromatic nitrogens is 1. The highest BCUT2D eigenvalue weighted by molar-refractivity contribution is 6.03. The highest BCUT2D eigenvalue weighted by Gasteiger charge is 2.48. The van der Waals surface area contributed by atoms with Gasteiger partial charge in [0.2, 0.25) is 5.91 Å². The molecule has 2 aromatic heterocycles. The molecule has 1 saturated heterocycles. The standard InChI is InChI=1S/C27H40N4O3/c1-20-17-22-24(34-20)18-23-25(32)31(16-15-29-13-9-5-6-10-14-29)27(2,19-30(22)23)26(33)28-21-11-7-3-4-8-12-21/h17-18,21H,3-16,19H2,1-2H3,(H,28,33). The number of carbonyl (C=O) groups is 2. The van der Waals surface area contributed by atoms with Crippen molar-refractivity contribution in [2.75, 3.05) is 26.2 Å². The molecule has 2 amide bonds. The Balaban J connectivity index is 1.43. The predicted octanol–water partition coefficient (Wildman–Crippen LogP) is 4.47. The molecular weight excluding hydrogens is 428 g/mol. The van der Waals surface area contributed by atoms with Crippen LogP contribution in [0.15, 0.2) is 16.5 Å². The molecule has 1 N–H and O–H groups in total. The minimum Gasteiger partial charge on any atom is -0.460 e. The third kappa shape index (κ3) is 4.51. The predicted molar refractivity (Wildman–Crippen MR) is 133 cm³/mol. The second-order valence-corrected chi connectivity index (χ2v) is 10.9. The minimum absolute atomic E-state index is 0.0173. The number of likely N-dealkylation sites (tertiary alicyclic amines) is 1. The van der Waals surface area contributed by atoms with Crippen molar-refractivity contribution >= 4 is 22.9 Å². The van der Waals surface area contributed by atoms with E-state index in [2.05, 4.69) is 10.2 Å². The summed E-state index contributed by atoms with van der Waals surface area (Å²) < 4.78 is 7.84. The van der Waals surface area contributed by atoms with Crippen LogP contribution in [0.25, 0.3) is 11.1 Å². The first kappa shape index (κ1) is 23.5. The fraction of sp³-hybridized carbons (Fsp3) is 0.704. The molecule has 186 valence electrons. The summed E-state index contributed by atoms with van der Waals surface area (Å²) in [4.78, 5) is 32.0. The van der Waals surface area contributed by atoms with Gasteiger partial charge >= 0.3 is 0 Å². The zero-order valence-electron chi connectivity index (χ0n) is 20.9. The van der Waals surface area contributed by atoms with E-state index in [0.29, 0.717) is 18.8 Å². The van der Waals surface area contributed by atoms with Gasteiger partial charge in [0, 0.05) is 31.3 Å². The average Bonchev–Trinajstić information content (AvgIpc) is 3.08. The molecule has 0 radical (unpaired) electrons. The molecule has 2 aromatic rings. The van der Waals surface area contributed by atoms with Crippen LogP contribution >= 0.6 is 0 Å². The fourth-order valence-corrected chi connectivity index (χ4v) is 6.18. The number of nitrogens with one attached hydrogen (secondary N) is 1. The summed E-state index contributed by atoms with van der Waals surface area (Å²) >= 11 is 0. The van der Waals surface area contributed by atoms with Gasteiger partial charge in [0.05, 0.1) is 12.1 Å². The lowest BCUT2D eigenvalue weighted by Gasteiger charge is -2.45. The average molecular weight is 469 g/mol. The number of fused-ring (bicyclic) bond motifs is 3. The highest BCUT2D eigenvalue weighted by atomic mass is 16.3. The highest BCUT2D eigenvalue weighted by Crippen LogP contribution is 2.34. The van der Waals surface area contributed by atoms with Gasteiger partial charge in [-0.2, -0.15) is 0 Å². The van der Waals surface area contributed by atoms with E-state index in [0.717, 1.165) is 62.2 Å². The van der Waals surface area contributed by atoms with Crippen LogP contribution in [0.2, 0.25) is 0 Å². The number of furan rings is 1. The second kappa shape index (κ2) is 9.76. The van der Waals surface area contributed by atoms with Gasteiger partial charge in [0.25, 0.3) is 5.91 Å². The maximum absolute atomic E-state index is 13.9. The molecule has 0 spiro atoms. The van der Waals surface area contributed by atoms with Crippen molar-refractivity contribution in [1.29, 1.82) is 0 Å². The van der Waals surface area contributed by atoms with Crippen molar-refractivity contribution in [3.63, 3.8) is 0 Å². The fourth-order valence-electron chi connectivity index (χ4n) is 6.18. The number of hydrogen-bond acceptors (Lipinski definition) is 4. The van der Waals surface area contributed by atoms with Gasteiger partial charge in [-0.1, -0.05) is 38.5 Å². The largest absolute Gasteiger partial charge is 0.460 e. The summed E-state index contributed by atoms with van der Waals surface area (Å²) in [5, 5.41) is 3.36. The van der Waals surface area contributed by atoms with E-state index in [1.165, 1.54) is 38.5 Å². The van der Waals surface area contributed by atoms with E-state index in [9.17, 15) is 9.59 Å². The Bertz CT molecular complexity index is 1020. The maximum atomic E-state index is 13.9. The van der Waals surface area contributed by atoms with Gasteiger partial charge in [-0.3, -0.25) is 9.59 Å². The first-order valence-electron chi connectivity index (χ1n) is 13.4. The summed E-state index contributed by atoms with van der Waals surface area (Å²) in [7, 11) is 0. The number of hydrogen-bond donors (Lipinski definition) is 1. The second-order valence-electron chi connectivity index (χ2n) is 10.9. The molecular formula is C27H40N4O3. The summed E-state index contributed by atoms with van der Waals surface area (Å²) in [6.07, 6.45) is 11.9. The maximum Gasteiger partial charge on any atom is 0.271 e. The van der Waals surface area contributed by atoms with Gasteiger partial charge < -0.3 is 24.1 Å². The quantitative estimate of drug-likeness (QED) is 0.657. The lowest BCUT2D eigenvalue weighted by molar-refractivity contribution is -0.133. The number of carbonyl (C=O) groups excluding carboxylic acids is 2. The molecule has 7 nitrogen and oxygen atoms in total. The van der Waals surface area contributed by atoms with E-state index >= 15 is 0 Å². The molecule has 5 rings (SSSR count). The Morgan fingerprint density at radius 2 is 1.71 bits per heavy atom. The summed E-state index contributed by atoms with van der Waals surface area (Å²) in [6, 6.07) is 4.03. The first-order valence-corrected chi connectivity index (χ1v) is 13.4. The third-order valence-corrected chi connectivity index (χ3v) is 8.26. The van der Waals surface area contributed by atoms with Crippen LogP contribution in [0.1, 0.15) is 87.4 Å². The molecule has 0 bridgehead atoms.